The molecule has 134 valence electrons. The van der Waals surface area contributed by atoms with Gasteiger partial charge in [-0.25, -0.2) is 0 Å². The number of carbonyl (C=O) groups is 1. The van der Waals surface area contributed by atoms with Crippen LogP contribution in [0.1, 0.15) is 11.1 Å². The first-order chi connectivity index (χ1) is 11.7. The van der Waals surface area contributed by atoms with Crippen molar-refractivity contribution in [3.05, 3.63) is 52.5 Å². The molecule has 0 atom stereocenters. The molecule has 0 aliphatic heterocycles. The molecule has 0 heterocycles. The van der Waals surface area contributed by atoms with E-state index in [9.17, 15) is 18.0 Å². The summed E-state index contributed by atoms with van der Waals surface area (Å²) in [6, 6.07) is 7.66. The number of carbonyl (C=O) groups excluding carboxylic acids is 1. The Balaban J connectivity index is 2.15. The van der Waals surface area contributed by atoms with E-state index in [-0.39, 0.29) is 17.1 Å². The van der Waals surface area contributed by atoms with E-state index >= 15 is 0 Å². The lowest BCUT2D eigenvalue weighted by atomic mass is 10.1. The molecule has 2 rings (SSSR count). The smallest absolute Gasteiger partial charge is 0.416 e. The van der Waals surface area contributed by atoms with Crippen molar-refractivity contribution in [3.8, 4) is 11.5 Å². The number of hydrogen-bond donors (Lipinski definition) is 1. The molecule has 0 aliphatic rings. The Morgan fingerprint density at radius 1 is 1.08 bits per heavy atom. The van der Waals surface area contributed by atoms with Gasteiger partial charge in [-0.1, -0.05) is 17.7 Å². The van der Waals surface area contributed by atoms with Gasteiger partial charge >= 0.3 is 6.18 Å². The summed E-state index contributed by atoms with van der Waals surface area (Å²) in [4.78, 5) is 12.1. The molecule has 1 N–H and O–H groups in total. The third-order valence-electron chi connectivity index (χ3n) is 3.38. The molecule has 0 saturated heterocycles. The summed E-state index contributed by atoms with van der Waals surface area (Å²) in [6.07, 6.45) is -4.58. The largest absolute Gasteiger partial charge is 0.493 e. The molecule has 8 heteroatoms. The van der Waals surface area contributed by atoms with Crippen LogP contribution in [-0.4, -0.2) is 20.1 Å². The van der Waals surface area contributed by atoms with Gasteiger partial charge in [-0.3, -0.25) is 4.79 Å². The molecule has 0 bridgehead atoms. The lowest BCUT2D eigenvalue weighted by molar-refractivity contribution is -0.137. The highest BCUT2D eigenvalue weighted by Gasteiger charge is 2.31. The van der Waals surface area contributed by atoms with Crippen molar-refractivity contribution in [3.63, 3.8) is 0 Å². The van der Waals surface area contributed by atoms with E-state index in [0.717, 1.165) is 18.2 Å². The van der Waals surface area contributed by atoms with Gasteiger partial charge in [0, 0.05) is 0 Å². The zero-order valence-electron chi connectivity index (χ0n) is 13.4. The van der Waals surface area contributed by atoms with Crippen molar-refractivity contribution in [2.45, 2.75) is 12.6 Å². The summed E-state index contributed by atoms with van der Waals surface area (Å²) in [7, 11) is 2.95. The van der Waals surface area contributed by atoms with Crippen molar-refractivity contribution < 1.29 is 27.4 Å². The van der Waals surface area contributed by atoms with Crippen LogP contribution in [-0.2, 0) is 17.4 Å². The predicted molar refractivity (Wildman–Crippen MR) is 88.3 cm³/mol. The van der Waals surface area contributed by atoms with Crippen LogP contribution in [0.5, 0.6) is 11.5 Å². The molecule has 0 saturated carbocycles. The van der Waals surface area contributed by atoms with E-state index in [4.69, 9.17) is 21.1 Å². The van der Waals surface area contributed by atoms with Gasteiger partial charge in [-0.05, 0) is 35.9 Å². The lowest BCUT2D eigenvalue weighted by Crippen LogP contribution is -2.15. The Morgan fingerprint density at radius 3 is 2.36 bits per heavy atom. The van der Waals surface area contributed by atoms with E-state index < -0.39 is 17.6 Å². The maximum absolute atomic E-state index is 12.8. The van der Waals surface area contributed by atoms with Gasteiger partial charge in [0.05, 0.1) is 36.9 Å². The Bertz CT molecular complexity index is 778. The average Bonchev–Trinajstić information content (AvgIpc) is 2.55. The fraction of sp³-hybridized carbons (Fsp3) is 0.235. The third-order valence-corrected chi connectivity index (χ3v) is 3.71. The number of benzene rings is 2. The number of anilines is 1. The van der Waals surface area contributed by atoms with Gasteiger partial charge in [0.2, 0.25) is 5.91 Å². The molecule has 0 radical (unpaired) electrons. The lowest BCUT2D eigenvalue weighted by Gasteiger charge is -2.12. The van der Waals surface area contributed by atoms with Gasteiger partial charge in [0.25, 0.3) is 0 Å². The number of hydrogen-bond acceptors (Lipinski definition) is 3. The van der Waals surface area contributed by atoms with E-state index in [0.29, 0.717) is 17.1 Å². The van der Waals surface area contributed by atoms with E-state index in [1.54, 1.807) is 18.2 Å². The molecular formula is C17H15ClF3NO3. The minimum atomic E-state index is -4.52. The number of ether oxygens (including phenoxy) is 2. The van der Waals surface area contributed by atoms with Crippen molar-refractivity contribution >= 4 is 23.2 Å². The Kier molecular flexibility index (Phi) is 5.79. The van der Waals surface area contributed by atoms with E-state index in [1.807, 2.05) is 0 Å². The van der Waals surface area contributed by atoms with Crippen LogP contribution in [0.4, 0.5) is 18.9 Å². The average molecular weight is 374 g/mol. The highest BCUT2D eigenvalue weighted by molar-refractivity contribution is 6.33. The number of methoxy groups -OCH3 is 2. The summed E-state index contributed by atoms with van der Waals surface area (Å²) in [6.45, 7) is 0. The fourth-order valence-corrected chi connectivity index (χ4v) is 2.33. The van der Waals surface area contributed by atoms with Crippen LogP contribution in [0, 0.1) is 0 Å². The van der Waals surface area contributed by atoms with Gasteiger partial charge in [-0.2, -0.15) is 13.2 Å². The van der Waals surface area contributed by atoms with Gasteiger partial charge < -0.3 is 14.8 Å². The molecule has 2 aromatic carbocycles. The minimum absolute atomic E-state index is 0.0219. The zero-order chi connectivity index (χ0) is 18.6. The highest BCUT2D eigenvalue weighted by atomic mass is 35.5. The molecule has 1 amide bonds. The molecule has 0 fully saturated rings. The normalized spacial score (nSPS) is 11.1. The Hall–Kier alpha value is -2.41. The number of amides is 1. The van der Waals surface area contributed by atoms with Crippen LogP contribution in [0.15, 0.2) is 36.4 Å². The van der Waals surface area contributed by atoms with Crippen LogP contribution in [0.3, 0.4) is 0 Å². The molecular weight excluding hydrogens is 359 g/mol. The van der Waals surface area contributed by atoms with Crippen molar-refractivity contribution in [1.29, 1.82) is 0 Å². The first kappa shape index (κ1) is 18.9. The number of alkyl halides is 3. The molecule has 4 nitrogen and oxygen atoms in total. The summed E-state index contributed by atoms with van der Waals surface area (Å²) in [5.74, 6) is 0.450. The second-order valence-electron chi connectivity index (χ2n) is 5.11. The molecule has 25 heavy (non-hydrogen) atoms. The summed E-state index contributed by atoms with van der Waals surface area (Å²) >= 11 is 5.86. The van der Waals surface area contributed by atoms with Crippen molar-refractivity contribution in [2.75, 3.05) is 19.5 Å². The molecule has 0 aromatic heterocycles. The van der Waals surface area contributed by atoms with Crippen molar-refractivity contribution in [1.82, 2.24) is 0 Å². The summed E-state index contributed by atoms with van der Waals surface area (Å²) < 4.78 is 48.5. The van der Waals surface area contributed by atoms with Crippen LogP contribution < -0.4 is 14.8 Å². The number of halogens is 4. The third kappa shape index (κ3) is 4.79. The monoisotopic (exact) mass is 373 g/mol. The van der Waals surface area contributed by atoms with Gasteiger partial charge in [0.15, 0.2) is 11.5 Å². The summed E-state index contributed by atoms with van der Waals surface area (Å²) in [5, 5.41) is 2.42. The molecule has 0 spiro atoms. The SMILES string of the molecule is COc1ccc(CC(=O)Nc2cc(C(F)(F)F)ccc2Cl)cc1OC. The summed E-state index contributed by atoms with van der Waals surface area (Å²) in [5.41, 5.74) is -0.376. The molecule has 0 unspecified atom stereocenters. The topological polar surface area (TPSA) is 47.6 Å². The van der Waals surface area contributed by atoms with Crippen LogP contribution in [0.2, 0.25) is 5.02 Å². The second-order valence-corrected chi connectivity index (χ2v) is 5.51. The van der Waals surface area contributed by atoms with Crippen LogP contribution in [0.25, 0.3) is 0 Å². The van der Waals surface area contributed by atoms with E-state index in [1.165, 1.54) is 14.2 Å². The minimum Gasteiger partial charge on any atom is -0.493 e. The first-order valence-electron chi connectivity index (χ1n) is 7.12. The Labute approximate surface area is 147 Å². The molecule has 0 aliphatic carbocycles. The number of nitrogens with one attached hydrogen (secondary N) is 1. The molecule has 2 aromatic rings. The van der Waals surface area contributed by atoms with Gasteiger partial charge in [-0.15, -0.1) is 0 Å². The Morgan fingerprint density at radius 2 is 1.76 bits per heavy atom. The quantitative estimate of drug-likeness (QED) is 0.836. The standard InChI is InChI=1S/C17H15ClF3NO3/c1-24-14-6-3-10(7-15(14)25-2)8-16(23)22-13-9-11(17(19,20)21)4-5-12(13)18/h3-7,9H,8H2,1-2H3,(H,22,23). The van der Waals surface area contributed by atoms with Crippen LogP contribution >= 0.6 is 11.6 Å². The number of rotatable bonds is 5. The zero-order valence-corrected chi connectivity index (χ0v) is 14.2. The van der Waals surface area contributed by atoms with E-state index in [2.05, 4.69) is 5.32 Å². The van der Waals surface area contributed by atoms with Crippen molar-refractivity contribution in [2.24, 2.45) is 0 Å². The first-order valence-corrected chi connectivity index (χ1v) is 7.50. The van der Waals surface area contributed by atoms with Gasteiger partial charge in [0.1, 0.15) is 0 Å². The predicted octanol–water partition coefficient (Wildman–Crippen LogP) is 4.56. The fourth-order valence-electron chi connectivity index (χ4n) is 2.17. The second kappa shape index (κ2) is 7.65. The highest BCUT2D eigenvalue weighted by Crippen LogP contribution is 2.34. The maximum atomic E-state index is 12.8. The maximum Gasteiger partial charge on any atom is 0.416 e.